The lowest BCUT2D eigenvalue weighted by atomic mass is 10.0. The Kier molecular flexibility index (Phi) is 4.32. The van der Waals surface area contributed by atoms with Gasteiger partial charge >= 0.3 is 0 Å². The van der Waals surface area contributed by atoms with Gasteiger partial charge in [0.1, 0.15) is 5.82 Å². The van der Waals surface area contributed by atoms with E-state index in [-0.39, 0.29) is 6.04 Å². The van der Waals surface area contributed by atoms with Gasteiger partial charge in [-0.2, -0.15) is 9.61 Å². The van der Waals surface area contributed by atoms with Crippen LogP contribution in [0.5, 0.6) is 0 Å². The van der Waals surface area contributed by atoms with Crippen molar-refractivity contribution in [3.63, 3.8) is 0 Å². The molecule has 114 valence electrons. The summed E-state index contributed by atoms with van der Waals surface area (Å²) >= 11 is 0. The Hall–Kier alpha value is -2.43. The van der Waals surface area contributed by atoms with Crippen molar-refractivity contribution in [2.24, 2.45) is 0 Å². The molecule has 0 aliphatic heterocycles. The van der Waals surface area contributed by atoms with Crippen LogP contribution in [0.3, 0.4) is 0 Å². The molecule has 0 amide bonds. The van der Waals surface area contributed by atoms with E-state index in [9.17, 15) is 0 Å². The van der Waals surface area contributed by atoms with Crippen molar-refractivity contribution in [1.29, 1.82) is 0 Å². The third-order valence-corrected chi connectivity index (χ3v) is 3.74. The molecule has 1 unspecified atom stereocenters. The van der Waals surface area contributed by atoms with Gasteiger partial charge in [-0.25, -0.2) is 4.98 Å². The molecular weight excluding hydrogens is 274 g/mol. The van der Waals surface area contributed by atoms with E-state index in [1.807, 2.05) is 42.0 Å². The van der Waals surface area contributed by atoms with Crippen molar-refractivity contribution in [3.8, 4) is 0 Å². The molecule has 0 saturated carbocycles. The van der Waals surface area contributed by atoms with Gasteiger partial charge in [-0.1, -0.05) is 25.8 Å². The van der Waals surface area contributed by atoms with Gasteiger partial charge in [0.05, 0.1) is 12.2 Å². The monoisotopic (exact) mass is 295 g/mol. The molecule has 0 saturated heterocycles. The number of anilines is 1. The van der Waals surface area contributed by atoms with E-state index in [1.165, 1.54) is 18.4 Å². The minimum absolute atomic E-state index is 0.225. The van der Waals surface area contributed by atoms with Crippen LogP contribution >= 0.6 is 0 Å². The molecule has 5 heteroatoms. The number of pyridine rings is 1. The number of nitrogens with zero attached hydrogens (tertiary/aromatic N) is 4. The van der Waals surface area contributed by atoms with Gasteiger partial charge in [0.2, 0.25) is 0 Å². The van der Waals surface area contributed by atoms with Gasteiger partial charge in [0.25, 0.3) is 0 Å². The average molecular weight is 295 g/mol. The lowest BCUT2D eigenvalue weighted by Gasteiger charge is -2.20. The number of hydrogen-bond donors (Lipinski definition) is 1. The van der Waals surface area contributed by atoms with Gasteiger partial charge in [-0.15, -0.1) is 0 Å². The summed E-state index contributed by atoms with van der Waals surface area (Å²) in [5.74, 6) is 0.970. The van der Waals surface area contributed by atoms with Crippen LogP contribution in [0.25, 0.3) is 5.65 Å². The Morgan fingerprint density at radius 1 is 1.27 bits per heavy atom. The summed E-state index contributed by atoms with van der Waals surface area (Å²) in [7, 11) is 0. The van der Waals surface area contributed by atoms with Crippen molar-refractivity contribution in [3.05, 3.63) is 54.1 Å². The number of aryl methyl sites for hydroxylation is 1. The summed E-state index contributed by atoms with van der Waals surface area (Å²) < 4.78 is 1.85. The molecular formula is C17H21N5. The van der Waals surface area contributed by atoms with Crippen LogP contribution in [0.4, 0.5) is 5.82 Å². The lowest BCUT2D eigenvalue weighted by molar-refractivity contribution is 0.628. The van der Waals surface area contributed by atoms with E-state index in [0.717, 1.165) is 23.6 Å². The molecule has 0 aliphatic rings. The van der Waals surface area contributed by atoms with E-state index in [2.05, 4.69) is 33.4 Å². The Labute approximate surface area is 130 Å². The van der Waals surface area contributed by atoms with Gasteiger partial charge < -0.3 is 5.32 Å². The van der Waals surface area contributed by atoms with Gasteiger partial charge in [-0.05, 0) is 25.0 Å². The smallest absolute Gasteiger partial charge is 0.157 e. The van der Waals surface area contributed by atoms with Crippen LogP contribution < -0.4 is 5.32 Å². The largest absolute Gasteiger partial charge is 0.363 e. The molecule has 1 atom stereocenters. The highest BCUT2D eigenvalue weighted by atomic mass is 15.3. The fraction of sp³-hybridized carbons (Fsp3) is 0.353. The maximum absolute atomic E-state index is 4.49. The topological polar surface area (TPSA) is 55.1 Å². The minimum Gasteiger partial charge on any atom is -0.363 e. The molecule has 3 aromatic heterocycles. The third kappa shape index (κ3) is 3.08. The van der Waals surface area contributed by atoms with Crippen LogP contribution in [0.1, 0.15) is 43.5 Å². The summed E-state index contributed by atoms with van der Waals surface area (Å²) in [5.41, 5.74) is 3.05. The zero-order chi connectivity index (χ0) is 15.4. The molecule has 0 bridgehead atoms. The van der Waals surface area contributed by atoms with E-state index in [0.29, 0.717) is 0 Å². The molecule has 0 radical (unpaired) electrons. The highest BCUT2D eigenvalue weighted by molar-refractivity contribution is 5.50. The third-order valence-electron chi connectivity index (χ3n) is 3.74. The molecule has 22 heavy (non-hydrogen) atoms. The summed E-state index contributed by atoms with van der Waals surface area (Å²) in [6.45, 7) is 4.21. The van der Waals surface area contributed by atoms with Crippen molar-refractivity contribution >= 4 is 11.5 Å². The lowest BCUT2D eigenvalue weighted by Crippen LogP contribution is -2.14. The zero-order valence-corrected chi connectivity index (χ0v) is 13.0. The Morgan fingerprint density at radius 2 is 2.18 bits per heavy atom. The second kappa shape index (κ2) is 6.56. The molecule has 0 fully saturated rings. The first kappa shape index (κ1) is 14.5. The quantitative estimate of drug-likeness (QED) is 0.752. The normalized spacial score (nSPS) is 12.5. The highest BCUT2D eigenvalue weighted by Gasteiger charge is 2.14. The number of aromatic nitrogens is 4. The molecule has 3 rings (SSSR count). The number of rotatable bonds is 6. The zero-order valence-electron chi connectivity index (χ0n) is 13.0. The van der Waals surface area contributed by atoms with Crippen molar-refractivity contribution in [2.45, 2.75) is 39.2 Å². The van der Waals surface area contributed by atoms with Gasteiger partial charge in [0, 0.05) is 30.2 Å². The van der Waals surface area contributed by atoms with Crippen molar-refractivity contribution < 1.29 is 0 Å². The average Bonchev–Trinajstić information content (AvgIpc) is 3.00. The molecule has 1 N–H and O–H groups in total. The fourth-order valence-corrected chi connectivity index (χ4v) is 2.63. The second-order valence-electron chi connectivity index (χ2n) is 5.51. The maximum Gasteiger partial charge on any atom is 0.157 e. The number of unbranched alkanes of at least 4 members (excludes halogenated alkanes) is 1. The number of nitrogens with one attached hydrogen (secondary N) is 1. The Morgan fingerprint density at radius 3 is 2.95 bits per heavy atom. The predicted octanol–water partition coefficient (Wildman–Crippen LogP) is 3.78. The van der Waals surface area contributed by atoms with Crippen LogP contribution in [-0.4, -0.2) is 19.6 Å². The standard InChI is InChI=1S/C17H21N5/c1-3-4-7-15(14-6-5-9-18-12-14)21-17-11-13(2)20-16-8-10-19-22(16)17/h5-6,8-12,15,21H,3-4,7H2,1-2H3. The van der Waals surface area contributed by atoms with E-state index in [1.54, 1.807) is 6.20 Å². The summed E-state index contributed by atoms with van der Waals surface area (Å²) in [6, 6.07) is 8.28. The van der Waals surface area contributed by atoms with Crippen LogP contribution in [0.2, 0.25) is 0 Å². The molecule has 3 heterocycles. The molecule has 5 nitrogen and oxygen atoms in total. The first-order valence-electron chi connectivity index (χ1n) is 7.76. The first-order chi connectivity index (χ1) is 10.8. The molecule has 0 spiro atoms. The van der Waals surface area contributed by atoms with E-state index < -0.39 is 0 Å². The predicted molar refractivity (Wildman–Crippen MR) is 87.8 cm³/mol. The molecule has 0 aromatic carbocycles. The van der Waals surface area contributed by atoms with Crippen LogP contribution in [0, 0.1) is 6.92 Å². The number of hydrogen-bond acceptors (Lipinski definition) is 4. The van der Waals surface area contributed by atoms with Crippen molar-refractivity contribution in [1.82, 2.24) is 19.6 Å². The maximum atomic E-state index is 4.49. The van der Waals surface area contributed by atoms with Crippen LogP contribution in [0.15, 0.2) is 42.9 Å². The first-order valence-corrected chi connectivity index (χ1v) is 7.76. The Balaban J connectivity index is 1.93. The van der Waals surface area contributed by atoms with Gasteiger partial charge in [0.15, 0.2) is 5.65 Å². The molecule has 3 aromatic rings. The fourth-order valence-electron chi connectivity index (χ4n) is 2.63. The van der Waals surface area contributed by atoms with Gasteiger partial charge in [-0.3, -0.25) is 4.98 Å². The van der Waals surface area contributed by atoms with Crippen molar-refractivity contribution in [2.75, 3.05) is 5.32 Å². The Bertz CT molecular complexity index is 735. The van der Waals surface area contributed by atoms with E-state index >= 15 is 0 Å². The van der Waals surface area contributed by atoms with E-state index in [4.69, 9.17) is 0 Å². The van der Waals surface area contributed by atoms with Crippen LogP contribution in [-0.2, 0) is 0 Å². The molecule has 0 aliphatic carbocycles. The minimum atomic E-state index is 0.225. The SMILES string of the molecule is CCCCC(Nc1cc(C)nc2ccnn12)c1cccnc1. The summed E-state index contributed by atoms with van der Waals surface area (Å²) in [6.07, 6.45) is 8.92. The number of fused-ring (bicyclic) bond motifs is 1. The summed E-state index contributed by atoms with van der Waals surface area (Å²) in [4.78, 5) is 8.74. The second-order valence-corrected chi connectivity index (χ2v) is 5.51. The summed E-state index contributed by atoms with van der Waals surface area (Å²) in [5, 5.41) is 7.98. The highest BCUT2D eigenvalue weighted by Crippen LogP contribution is 2.24.